The SMILES string of the molecule is CCCC(=O)Oc1ccc(C(CN)C(=O)Cc2ccc3ccccc3c2)cc1.Cc1cc(C)cc(CC(=O)Oc2ccc(C(CN)C(=O)Cc3ccc4ccccc4c3)cc2)c1.NCC(C(=O)Cc1ccc2ccccc2c1)c1ccc(OC(=O)CC2CCCC2)cc1.NCC(C(=O)Cc1ccc2ccccc2c1)c1ccc(OC(=O)CC2CCCCC2)cc1. The minimum Gasteiger partial charge on any atom is -0.427 e. The maximum Gasteiger partial charge on any atom is 0.315 e. The largest absolute Gasteiger partial charge is 0.427 e. The highest BCUT2D eigenvalue weighted by molar-refractivity contribution is 5.94. The van der Waals surface area contributed by atoms with Gasteiger partial charge < -0.3 is 41.9 Å². The monoisotopic (exact) mass is 1670 g/mol. The van der Waals surface area contributed by atoms with Crippen molar-refractivity contribution in [1.29, 1.82) is 0 Å². The third kappa shape index (κ3) is 27.2. The van der Waals surface area contributed by atoms with E-state index in [4.69, 9.17) is 41.9 Å². The molecule has 2 fully saturated rings. The zero-order valence-corrected chi connectivity index (χ0v) is 71.9. The van der Waals surface area contributed by atoms with Crippen LogP contribution in [0.5, 0.6) is 23.0 Å². The number of hydrogen-bond donors (Lipinski definition) is 4. The Labute approximate surface area is 733 Å². The Kier molecular flexibility index (Phi) is 33.8. The molecule has 13 aromatic rings. The molecule has 0 spiro atoms. The van der Waals surface area contributed by atoms with Crippen LogP contribution in [-0.4, -0.2) is 73.2 Å². The summed E-state index contributed by atoms with van der Waals surface area (Å²) in [5.74, 6) is 0.730. The molecular weight excluding hydrogens is 1560 g/mol. The first kappa shape index (κ1) is 91.5. The molecule has 0 heterocycles. The molecule has 8 N–H and O–H groups in total. The van der Waals surface area contributed by atoms with Gasteiger partial charge >= 0.3 is 23.9 Å². The molecule has 2 saturated carbocycles. The summed E-state index contributed by atoms with van der Waals surface area (Å²) in [6, 6.07) is 91.4. The quantitative estimate of drug-likeness (QED) is 0.0225. The first-order valence-electron chi connectivity index (χ1n) is 43.9. The zero-order valence-electron chi connectivity index (χ0n) is 71.9. The van der Waals surface area contributed by atoms with Crippen molar-refractivity contribution in [2.45, 2.75) is 160 Å². The summed E-state index contributed by atoms with van der Waals surface area (Å²) < 4.78 is 21.8. The summed E-state index contributed by atoms with van der Waals surface area (Å²) in [5, 5.41) is 9.11. The molecule has 0 bridgehead atoms. The van der Waals surface area contributed by atoms with Gasteiger partial charge in [-0.3, -0.25) is 38.4 Å². The van der Waals surface area contributed by atoms with Crippen LogP contribution in [-0.2, 0) is 70.5 Å². The lowest BCUT2D eigenvalue weighted by atomic mass is 9.87. The predicted octanol–water partition coefficient (Wildman–Crippen LogP) is 20.6. The van der Waals surface area contributed by atoms with Gasteiger partial charge in [0.2, 0.25) is 0 Å². The molecule has 16 nitrogen and oxygen atoms in total. The molecule has 2 aliphatic rings. The van der Waals surface area contributed by atoms with Crippen molar-refractivity contribution in [1.82, 2.24) is 0 Å². The Hall–Kier alpha value is -12.7. The fraction of sp³-hybridized carbons (Fsp3) is 0.284. The highest BCUT2D eigenvalue weighted by Gasteiger charge is 2.27. The number of ketones is 4. The van der Waals surface area contributed by atoms with Gasteiger partial charge in [-0.05, 0) is 199 Å². The van der Waals surface area contributed by atoms with Crippen molar-refractivity contribution < 1.29 is 57.3 Å². The van der Waals surface area contributed by atoms with Gasteiger partial charge in [0, 0.05) is 71.1 Å². The molecule has 2 aliphatic carbocycles. The van der Waals surface area contributed by atoms with E-state index in [2.05, 4.69) is 66.7 Å². The minimum atomic E-state index is -0.411. The molecule has 0 radical (unpaired) electrons. The Bertz CT molecular complexity index is 5810. The lowest BCUT2D eigenvalue weighted by molar-refractivity contribution is -0.136. The van der Waals surface area contributed by atoms with Crippen molar-refractivity contribution in [3.8, 4) is 23.0 Å². The van der Waals surface area contributed by atoms with Crippen LogP contribution in [0.25, 0.3) is 43.1 Å². The maximum absolute atomic E-state index is 13.0. The first-order valence-corrected chi connectivity index (χ1v) is 43.9. The lowest BCUT2D eigenvalue weighted by Crippen LogP contribution is -2.23. The Morgan fingerprint density at radius 3 is 0.808 bits per heavy atom. The van der Waals surface area contributed by atoms with Gasteiger partial charge in [0.15, 0.2) is 0 Å². The summed E-state index contributed by atoms with van der Waals surface area (Å²) in [5.41, 5.74) is 34.2. The molecule has 13 aromatic carbocycles. The van der Waals surface area contributed by atoms with Crippen molar-refractivity contribution in [2.75, 3.05) is 26.2 Å². The van der Waals surface area contributed by atoms with Crippen LogP contribution in [0.1, 0.15) is 175 Å². The van der Waals surface area contributed by atoms with Crippen LogP contribution in [0.3, 0.4) is 0 Å². The number of benzene rings is 13. The van der Waals surface area contributed by atoms with Gasteiger partial charge in [-0.1, -0.05) is 287 Å². The Balaban J connectivity index is 0.000000152. The first-order chi connectivity index (χ1) is 60.7. The summed E-state index contributed by atoms with van der Waals surface area (Å²) in [6.45, 7) is 6.89. The number of rotatable bonds is 32. The van der Waals surface area contributed by atoms with Crippen LogP contribution in [0.4, 0.5) is 0 Å². The Morgan fingerprint density at radius 2 is 0.536 bits per heavy atom. The number of nitrogens with two attached hydrogens (primary N) is 4. The number of hydrogen-bond acceptors (Lipinski definition) is 16. The minimum absolute atomic E-state index is 0.0670. The normalized spacial score (nSPS) is 13.6. The second kappa shape index (κ2) is 46.1. The van der Waals surface area contributed by atoms with E-state index >= 15 is 0 Å². The number of carbonyl (C=O) groups is 8. The van der Waals surface area contributed by atoms with Crippen molar-refractivity contribution in [3.63, 3.8) is 0 Å². The molecule has 4 atom stereocenters. The number of aryl methyl sites for hydroxylation is 2. The van der Waals surface area contributed by atoms with Crippen LogP contribution >= 0.6 is 0 Å². The summed E-state index contributed by atoms with van der Waals surface area (Å²) in [6.07, 6.45) is 14.2. The molecule has 16 heteroatoms. The van der Waals surface area contributed by atoms with Gasteiger partial charge in [0.05, 0.1) is 30.1 Å². The number of carbonyl (C=O) groups excluding carboxylic acids is 8. The smallest absolute Gasteiger partial charge is 0.315 e. The van der Waals surface area contributed by atoms with E-state index in [-0.39, 0.29) is 97.4 Å². The van der Waals surface area contributed by atoms with Crippen LogP contribution in [0.2, 0.25) is 0 Å². The van der Waals surface area contributed by atoms with Gasteiger partial charge in [0.1, 0.15) is 46.1 Å². The fourth-order valence-corrected chi connectivity index (χ4v) is 16.9. The van der Waals surface area contributed by atoms with Gasteiger partial charge in [-0.25, -0.2) is 0 Å². The molecule has 15 rings (SSSR count). The lowest BCUT2D eigenvalue weighted by Gasteiger charge is -2.20. The van der Waals surface area contributed by atoms with E-state index < -0.39 is 5.92 Å². The maximum atomic E-state index is 13.0. The fourth-order valence-electron chi connectivity index (χ4n) is 16.9. The second-order valence-corrected chi connectivity index (χ2v) is 33.1. The van der Waals surface area contributed by atoms with E-state index in [1.165, 1.54) is 32.1 Å². The molecule has 0 saturated heterocycles. The van der Waals surface area contributed by atoms with Crippen molar-refractivity contribution >= 4 is 90.1 Å². The van der Waals surface area contributed by atoms with E-state index in [1.54, 1.807) is 48.5 Å². The van der Waals surface area contributed by atoms with E-state index in [0.29, 0.717) is 79.8 Å². The van der Waals surface area contributed by atoms with Gasteiger partial charge in [-0.15, -0.1) is 0 Å². The Morgan fingerprint density at radius 1 is 0.280 bits per heavy atom. The highest BCUT2D eigenvalue weighted by Crippen LogP contribution is 2.33. The third-order valence-corrected chi connectivity index (χ3v) is 23.5. The highest BCUT2D eigenvalue weighted by atomic mass is 16.5. The van der Waals surface area contributed by atoms with E-state index in [0.717, 1.165) is 136 Å². The zero-order chi connectivity index (χ0) is 88.0. The molecule has 642 valence electrons. The van der Waals surface area contributed by atoms with E-state index in [1.807, 2.05) is 191 Å². The second-order valence-electron chi connectivity index (χ2n) is 33.1. The molecule has 0 aliphatic heterocycles. The van der Waals surface area contributed by atoms with Crippen LogP contribution < -0.4 is 41.9 Å². The molecule has 125 heavy (non-hydrogen) atoms. The molecule has 0 aromatic heterocycles. The topological polar surface area (TPSA) is 278 Å². The summed E-state index contributed by atoms with van der Waals surface area (Å²) >= 11 is 0. The number of ether oxygens (including phenoxy) is 4. The molecular formula is C109H114N4O12. The number of esters is 4. The predicted molar refractivity (Wildman–Crippen MR) is 498 cm³/mol. The van der Waals surface area contributed by atoms with Crippen molar-refractivity contribution in [3.05, 3.63) is 346 Å². The summed E-state index contributed by atoms with van der Waals surface area (Å²) in [7, 11) is 0. The van der Waals surface area contributed by atoms with Crippen molar-refractivity contribution in [2.24, 2.45) is 34.8 Å². The third-order valence-electron chi connectivity index (χ3n) is 23.5. The number of Topliss-reactive ketones (excluding diaryl/α,β-unsaturated/α-hetero) is 4. The standard InChI is InChI=1S/C30H29NO3.C28H31NO3.C27H29NO3.C24H25NO3/c1-20-13-21(2)15-23(14-20)18-30(33)34-27-11-9-25(10-12-27)28(19-31)29(32)17-22-7-8-24-5-3-4-6-26(24)16-22;29-19-26(27(30)17-21-10-11-22-8-4-5-9-24(22)16-21)23-12-14-25(15-13-23)32-28(31)18-20-6-2-1-3-7-20;28-18-25(26(29)16-20-9-10-21-7-3-4-8-23(21)15-20)22-11-13-24(14-12-22)31-27(30)17-19-5-1-2-6-19;1-2-5-24(27)28-21-12-10-19(11-13-21)22(16-25)23(26)15-17-8-9-18-6-3-4-7-20(18)14-17/h3-16,28H,17-19,31H2,1-2H3;4-5,8-16,20,26H,1-3,6-7,17-19,29H2;3-4,7-15,19,25H,1-2,5-6,16-18,28H2;3-4,6-14,22H,2,5,15-16,25H2,1H3. The molecule has 4 unspecified atom stereocenters. The summed E-state index contributed by atoms with van der Waals surface area (Å²) in [4.78, 5) is 100. The average Bonchev–Trinajstić information content (AvgIpc) is 1.52. The molecule has 0 amide bonds. The number of fused-ring (bicyclic) bond motifs is 4. The van der Waals surface area contributed by atoms with Gasteiger partial charge in [0.25, 0.3) is 0 Å². The van der Waals surface area contributed by atoms with Crippen LogP contribution in [0, 0.1) is 25.7 Å². The van der Waals surface area contributed by atoms with Crippen LogP contribution in [0.15, 0.2) is 285 Å². The average molecular weight is 1670 g/mol. The van der Waals surface area contributed by atoms with Gasteiger partial charge in [-0.2, -0.15) is 0 Å². The van der Waals surface area contributed by atoms with E-state index in [9.17, 15) is 38.4 Å².